The summed E-state index contributed by atoms with van der Waals surface area (Å²) in [6.07, 6.45) is 6.37. The molecule has 1 saturated heterocycles. The summed E-state index contributed by atoms with van der Waals surface area (Å²) in [5.41, 5.74) is 0.900. The van der Waals surface area contributed by atoms with Crippen LogP contribution in [0.3, 0.4) is 0 Å². The number of nitrogens with zero attached hydrogens (tertiary/aromatic N) is 5. The molecule has 0 bridgehead atoms. The van der Waals surface area contributed by atoms with E-state index >= 15 is 0 Å². The van der Waals surface area contributed by atoms with Gasteiger partial charge in [0.15, 0.2) is 5.82 Å². The average Bonchev–Trinajstić information content (AvgIpc) is 3.08. The maximum absolute atomic E-state index is 12.4. The number of carbonyl (C=O) groups excluding carboxylic acids is 1. The first-order valence-corrected chi connectivity index (χ1v) is 8.72. The van der Waals surface area contributed by atoms with Gasteiger partial charge in [-0.25, -0.2) is 4.79 Å². The molecule has 3 rings (SSSR count). The summed E-state index contributed by atoms with van der Waals surface area (Å²) in [7, 11) is 0. The number of ether oxygens (including phenoxy) is 1. The number of carbonyl (C=O) groups is 1. The van der Waals surface area contributed by atoms with Gasteiger partial charge in [-0.05, 0) is 31.4 Å². The van der Waals surface area contributed by atoms with Gasteiger partial charge in [0.2, 0.25) is 0 Å². The van der Waals surface area contributed by atoms with Gasteiger partial charge >= 0.3 is 6.03 Å². The molecule has 0 spiro atoms. The number of anilines is 1. The molecule has 1 aliphatic rings. The normalized spacial score (nSPS) is 17.5. The molecular weight excluding hydrogens is 320 g/mol. The van der Waals surface area contributed by atoms with Gasteiger partial charge in [0.25, 0.3) is 0 Å². The quantitative estimate of drug-likeness (QED) is 0.869. The summed E-state index contributed by atoms with van der Waals surface area (Å²) in [5, 5.41) is 10.8. The van der Waals surface area contributed by atoms with E-state index < -0.39 is 0 Å². The van der Waals surface area contributed by atoms with Crippen molar-refractivity contribution >= 4 is 11.8 Å². The Morgan fingerprint density at radius 1 is 1.44 bits per heavy atom. The van der Waals surface area contributed by atoms with Gasteiger partial charge in [0, 0.05) is 25.8 Å². The Bertz CT molecular complexity index is 675. The van der Waals surface area contributed by atoms with E-state index in [1.54, 1.807) is 22.0 Å². The predicted molar refractivity (Wildman–Crippen MR) is 93.0 cm³/mol. The lowest BCUT2D eigenvalue weighted by atomic mass is 10.1. The molecule has 1 N–H and O–H groups in total. The van der Waals surface area contributed by atoms with E-state index in [0.29, 0.717) is 19.0 Å². The van der Waals surface area contributed by atoms with Gasteiger partial charge in [0.05, 0.1) is 24.6 Å². The van der Waals surface area contributed by atoms with Crippen molar-refractivity contribution in [1.29, 1.82) is 0 Å². The third kappa shape index (κ3) is 4.99. The van der Waals surface area contributed by atoms with Gasteiger partial charge in [0.1, 0.15) is 0 Å². The third-order valence-corrected chi connectivity index (χ3v) is 4.08. The van der Waals surface area contributed by atoms with E-state index in [9.17, 15) is 4.79 Å². The zero-order valence-corrected chi connectivity index (χ0v) is 14.5. The minimum Gasteiger partial charge on any atom is -0.370 e. The van der Waals surface area contributed by atoms with Crippen LogP contribution < -0.4 is 5.32 Å². The highest BCUT2D eigenvalue weighted by molar-refractivity contribution is 5.88. The molecule has 0 radical (unpaired) electrons. The van der Waals surface area contributed by atoms with E-state index in [-0.39, 0.29) is 12.1 Å². The fourth-order valence-electron chi connectivity index (χ4n) is 2.83. The number of hydrogen-bond acceptors (Lipinski definition) is 5. The van der Waals surface area contributed by atoms with Crippen molar-refractivity contribution in [2.45, 2.75) is 45.4 Å². The average molecular weight is 344 g/mol. The van der Waals surface area contributed by atoms with Crippen LogP contribution >= 0.6 is 0 Å². The first-order chi connectivity index (χ1) is 12.2. The SMILES string of the molecule is CCCn1cc(NC(=O)N2CCCC(OCc3ccccn3)C2)nn1. The molecule has 0 saturated carbocycles. The van der Waals surface area contributed by atoms with Crippen LogP contribution in [0.25, 0.3) is 0 Å². The maximum Gasteiger partial charge on any atom is 0.323 e. The second kappa shape index (κ2) is 8.57. The van der Waals surface area contributed by atoms with E-state index in [2.05, 4.69) is 27.5 Å². The Hall–Kier alpha value is -2.48. The molecule has 2 amide bonds. The highest BCUT2D eigenvalue weighted by atomic mass is 16.5. The van der Waals surface area contributed by atoms with Gasteiger partial charge in [-0.3, -0.25) is 15.0 Å². The maximum atomic E-state index is 12.4. The van der Waals surface area contributed by atoms with Gasteiger partial charge < -0.3 is 9.64 Å². The monoisotopic (exact) mass is 344 g/mol. The smallest absolute Gasteiger partial charge is 0.323 e. The largest absolute Gasteiger partial charge is 0.370 e. The molecule has 134 valence electrons. The third-order valence-electron chi connectivity index (χ3n) is 4.08. The van der Waals surface area contributed by atoms with Crippen LogP contribution in [0.15, 0.2) is 30.6 Å². The Labute approximate surface area is 147 Å². The minimum absolute atomic E-state index is 0.0253. The molecule has 2 aromatic rings. The van der Waals surface area contributed by atoms with Gasteiger partial charge in [-0.2, -0.15) is 0 Å². The number of aromatic nitrogens is 4. The standard InChI is InChI=1S/C17H24N6O2/c1-2-9-23-12-16(20-21-23)19-17(24)22-10-5-7-15(11-22)25-13-14-6-3-4-8-18-14/h3-4,6,8,12,15H,2,5,7,9-11,13H2,1H3,(H,19,24). The summed E-state index contributed by atoms with van der Waals surface area (Å²) < 4.78 is 7.65. The second-order valence-corrected chi connectivity index (χ2v) is 6.14. The Morgan fingerprint density at radius 2 is 2.36 bits per heavy atom. The number of piperidine rings is 1. The van der Waals surface area contributed by atoms with E-state index in [1.807, 2.05) is 18.2 Å². The zero-order chi connectivity index (χ0) is 17.5. The fourth-order valence-corrected chi connectivity index (χ4v) is 2.83. The summed E-state index contributed by atoms with van der Waals surface area (Å²) in [6, 6.07) is 5.60. The number of pyridine rings is 1. The van der Waals surface area contributed by atoms with E-state index in [4.69, 9.17) is 4.74 Å². The predicted octanol–water partition coefficient (Wildman–Crippen LogP) is 2.30. The molecule has 8 heteroatoms. The van der Waals surface area contributed by atoms with Crippen LogP contribution in [0.5, 0.6) is 0 Å². The molecule has 2 aromatic heterocycles. The summed E-state index contributed by atoms with van der Waals surface area (Å²) >= 11 is 0. The van der Waals surface area contributed by atoms with Crippen molar-refractivity contribution in [2.24, 2.45) is 0 Å². The van der Waals surface area contributed by atoms with Crippen LogP contribution in [0.1, 0.15) is 31.9 Å². The van der Waals surface area contributed by atoms with Gasteiger partial charge in [-0.1, -0.05) is 18.2 Å². The molecule has 0 aromatic carbocycles. The first-order valence-electron chi connectivity index (χ1n) is 8.72. The molecule has 1 unspecified atom stereocenters. The van der Waals surface area contributed by atoms with Crippen LogP contribution in [0, 0.1) is 0 Å². The van der Waals surface area contributed by atoms with Crippen LogP contribution in [-0.4, -0.2) is 50.1 Å². The van der Waals surface area contributed by atoms with Crippen molar-refractivity contribution in [3.05, 3.63) is 36.3 Å². The summed E-state index contributed by atoms with van der Waals surface area (Å²) in [6.45, 7) is 4.61. The van der Waals surface area contributed by atoms with Crippen LogP contribution in [0.2, 0.25) is 0 Å². The molecule has 8 nitrogen and oxygen atoms in total. The number of likely N-dealkylation sites (tertiary alicyclic amines) is 1. The molecular formula is C17H24N6O2. The van der Waals surface area contributed by atoms with Crippen LogP contribution in [-0.2, 0) is 17.9 Å². The fraction of sp³-hybridized carbons (Fsp3) is 0.529. The highest BCUT2D eigenvalue weighted by Crippen LogP contribution is 2.16. The van der Waals surface area contributed by atoms with Gasteiger partial charge in [-0.15, -0.1) is 5.10 Å². The molecule has 1 fully saturated rings. The number of amides is 2. The van der Waals surface area contributed by atoms with Crippen molar-refractivity contribution in [2.75, 3.05) is 18.4 Å². The Balaban J connectivity index is 1.49. The summed E-state index contributed by atoms with van der Waals surface area (Å²) in [5.74, 6) is 0.481. The number of hydrogen-bond donors (Lipinski definition) is 1. The molecule has 0 aliphatic carbocycles. The Kier molecular flexibility index (Phi) is 5.95. The number of rotatable bonds is 6. The van der Waals surface area contributed by atoms with E-state index in [1.165, 1.54) is 0 Å². The minimum atomic E-state index is -0.158. The zero-order valence-electron chi connectivity index (χ0n) is 14.5. The lowest BCUT2D eigenvalue weighted by Crippen LogP contribution is -2.45. The van der Waals surface area contributed by atoms with Crippen molar-refractivity contribution in [3.63, 3.8) is 0 Å². The first kappa shape index (κ1) is 17.3. The number of urea groups is 1. The lowest BCUT2D eigenvalue weighted by Gasteiger charge is -2.32. The molecule has 25 heavy (non-hydrogen) atoms. The molecule has 1 atom stereocenters. The Morgan fingerprint density at radius 3 is 3.16 bits per heavy atom. The topological polar surface area (TPSA) is 85.2 Å². The highest BCUT2D eigenvalue weighted by Gasteiger charge is 2.24. The summed E-state index contributed by atoms with van der Waals surface area (Å²) in [4.78, 5) is 18.4. The van der Waals surface area contributed by atoms with E-state index in [0.717, 1.165) is 38.0 Å². The molecule has 3 heterocycles. The number of nitrogens with one attached hydrogen (secondary N) is 1. The second-order valence-electron chi connectivity index (χ2n) is 6.14. The lowest BCUT2D eigenvalue weighted by molar-refractivity contribution is -0.000333. The van der Waals surface area contributed by atoms with Crippen molar-refractivity contribution < 1.29 is 9.53 Å². The number of aryl methyl sites for hydroxylation is 1. The van der Waals surface area contributed by atoms with Crippen molar-refractivity contribution in [3.8, 4) is 0 Å². The van der Waals surface area contributed by atoms with Crippen molar-refractivity contribution in [1.82, 2.24) is 24.9 Å². The van der Waals surface area contributed by atoms with Crippen LogP contribution in [0.4, 0.5) is 10.6 Å². The molecule has 1 aliphatic heterocycles.